The van der Waals surface area contributed by atoms with Crippen molar-refractivity contribution in [3.8, 4) is 0 Å². The summed E-state index contributed by atoms with van der Waals surface area (Å²) in [6.07, 6.45) is 1.85. The first-order valence-corrected chi connectivity index (χ1v) is 5.98. The maximum absolute atomic E-state index is 12.0. The van der Waals surface area contributed by atoms with Crippen LogP contribution in [0, 0.1) is 5.92 Å². The lowest BCUT2D eigenvalue weighted by molar-refractivity contribution is -0.123. The van der Waals surface area contributed by atoms with Crippen molar-refractivity contribution in [1.82, 2.24) is 0 Å². The number of ether oxygens (including phenoxy) is 1. The number of nitrogens with two attached hydrogens (primary N) is 1. The zero-order chi connectivity index (χ0) is 12.1. The van der Waals surface area contributed by atoms with Crippen molar-refractivity contribution in [2.75, 3.05) is 18.5 Å². The highest BCUT2D eigenvalue weighted by Crippen LogP contribution is 2.19. The molecule has 4 nitrogen and oxygen atoms in total. The van der Waals surface area contributed by atoms with Gasteiger partial charge in [0.2, 0.25) is 5.91 Å². The van der Waals surface area contributed by atoms with Gasteiger partial charge < -0.3 is 15.8 Å². The average molecular weight is 234 g/mol. The van der Waals surface area contributed by atoms with E-state index < -0.39 is 0 Å². The molecule has 0 aliphatic carbocycles. The molecule has 0 saturated carbocycles. The van der Waals surface area contributed by atoms with E-state index in [0.29, 0.717) is 13.2 Å². The van der Waals surface area contributed by atoms with Gasteiger partial charge >= 0.3 is 0 Å². The molecule has 1 amide bonds. The molecule has 92 valence electrons. The largest absolute Gasteiger partial charge is 0.381 e. The van der Waals surface area contributed by atoms with Crippen LogP contribution in [0.25, 0.3) is 0 Å². The van der Waals surface area contributed by atoms with Crippen molar-refractivity contribution >= 4 is 11.6 Å². The van der Waals surface area contributed by atoms with Crippen LogP contribution in [0.3, 0.4) is 0 Å². The zero-order valence-electron chi connectivity index (χ0n) is 9.82. The van der Waals surface area contributed by atoms with Crippen LogP contribution >= 0.6 is 0 Å². The minimum absolute atomic E-state index is 0.0328. The number of hydrogen-bond donors (Lipinski definition) is 2. The molecule has 1 aliphatic heterocycles. The Morgan fingerprint density at radius 1 is 1.47 bits per heavy atom. The SMILES string of the molecule is NCc1ccccc1NC(=O)C1CCCOC1. The van der Waals surface area contributed by atoms with Gasteiger partial charge in [0.1, 0.15) is 0 Å². The van der Waals surface area contributed by atoms with Gasteiger partial charge in [0, 0.05) is 18.8 Å². The van der Waals surface area contributed by atoms with E-state index in [1.165, 1.54) is 0 Å². The average Bonchev–Trinajstić information content (AvgIpc) is 2.40. The van der Waals surface area contributed by atoms with E-state index in [-0.39, 0.29) is 11.8 Å². The third kappa shape index (κ3) is 3.05. The third-order valence-corrected chi connectivity index (χ3v) is 3.03. The fourth-order valence-electron chi connectivity index (χ4n) is 2.00. The van der Waals surface area contributed by atoms with E-state index in [2.05, 4.69) is 5.32 Å². The summed E-state index contributed by atoms with van der Waals surface area (Å²) in [5, 5.41) is 2.93. The second kappa shape index (κ2) is 5.80. The Kier molecular flexibility index (Phi) is 4.12. The summed E-state index contributed by atoms with van der Waals surface area (Å²) >= 11 is 0. The van der Waals surface area contributed by atoms with E-state index in [4.69, 9.17) is 10.5 Å². The van der Waals surface area contributed by atoms with E-state index in [1.54, 1.807) is 0 Å². The van der Waals surface area contributed by atoms with E-state index >= 15 is 0 Å². The minimum atomic E-state index is -0.0328. The van der Waals surface area contributed by atoms with Crippen LogP contribution in [0.5, 0.6) is 0 Å². The van der Waals surface area contributed by atoms with Crippen LogP contribution in [0.4, 0.5) is 5.69 Å². The molecule has 0 radical (unpaired) electrons. The Labute approximate surface area is 101 Å². The number of anilines is 1. The lowest BCUT2D eigenvalue weighted by Gasteiger charge is -2.21. The maximum atomic E-state index is 12.0. The number of para-hydroxylation sites is 1. The molecule has 0 spiro atoms. The second-order valence-corrected chi connectivity index (χ2v) is 4.26. The summed E-state index contributed by atoms with van der Waals surface area (Å²) in [6, 6.07) is 7.62. The molecule has 4 heteroatoms. The molecular weight excluding hydrogens is 216 g/mol. The minimum Gasteiger partial charge on any atom is -0.381 e. The van der Waals surface area contributed by atoms with Gasteiger partial charge in [-0.25, -0.2) is 0 Å². The van der Waals surface area contributed by atoms with Crippen molar-refractivity contribution in [3.63, 3.8) is 0 Å². The normalized spacial score (nSPS) is 19.9. The lowest BCUT2D eigenvalue weighted by Crippen LogP contribution is -2.30. The molecule has 0 aromatic heterocycles. The van der Waals surface area contributed by atoms with Gasteiger partial charge in [0.05, 0.1) is 12.5 Å². The number of hydrogen-bond acceptors (Lipinski definition) is 3. The topological polar surface area (TPSA) is 64.3 Å². The molecule has 1 unspecified atom stereocenters. The highest BCUT2D eigenvalue weighted by Gasteiger charge is 2.22. The van der Waals surface area contributed by atoms with Crippen LogP contribution in [0.2, 0.25) is 0 Å². The zero-order valence-corrected chi connectivity index (χ0v) is 9.82. The van der Waals surface area contributed by atoms with Crippen LogP contribution in [-0.2, 0) is 16.1 Å². The van der Waals surface area contributed by atoms with Crippen LogP contribution < -0.4 is 11.1 Å². The fourth-order valence-corrected chi connectivity index (χ4v) is 2.00. The molecule has 17 heavy (non-hydrogen) atoms. The van der Waals surface area contributed by atoms with Crippen molar-refractivity contribution in [2.24, 2.45) is 11.7 Å². The predicted molar refractivity (Wildman–Crippen MR) is 66.5 cm³/mol. The molecule has 1 heterocycles. The quantitative estimate of drug-likeness (QED) is 0.833. The molecule has 0 bridgehead atoms. The molecule has 1 saturated heterocycles. The molecule has 1 aromatic carbocycles. The number of rotatable bonds is 3. The summed E-state index contributed by atoms with van der Waals surface area (Å²) in [5.41, 5.74) is 7.40. The van der Waals surface area contributed by atoms with Crippen molar-refractivity contribution in [3.05, 3.63) is 29.8 Å². The monoisotopic (exact) mass is 234 g/mol. The summed E-state index contributed by atoms with van der Waals surface area (Å²) < 4.78 is 5.31. The number of nitrogens with one attached hydrogen (secondary N) is 1. The van der Waals surface area contributed by atoms with Crippen molar-refractivity contribution in [1.29, 1.82) is 0 Å². The van der Waals surface area contributed by atoms with Crippen LogP contribution in [0.1, 0.15) is 18.4 Å². The standard InChI is InChI=1S/C13H18N2O2/c14-8-10-4-1-2-6-12(10)15-13(16)11-5-3-7-17-9-11/h1-2,4,6,11H,3,5,7-9,14H2,(H,15,16). The number of benzene rings is 1. The first kappa shape index (κ1) is 12.1. The fraction of sp³-hybridized carbons (Fsp3) is 0.462. The summed E-state index contributed by atoms with van der Waals surface area (Å²) in [6.45, 7) is 1.72. The Morgan fingerprint density at radius 2 is 2.29 bits per heavy atom. The summed E-state index contributed by atoms with van der Waals surface area (Å²) in [5.74, 6) is 0.000167. The molecule has 1 aromatic rings. The van der Waals surface area contributed by atoms with Gasteiger partial charge in [0.25, 0.3) is 0 Å². The third-order valence-electron chi connectivity index (χ3n) is 3.03. The van der Waals surface area contributed by atoms with E-state index in [1.807, 2.05) is 24.3 Å². The number of amides is 1. The Balaban J connectivity index is 2.01. The summed E-state index contributed by atoms with van der Waals surface area (Å²) in [7, 11) is 0. The lowest BCUT2D eigenvalue weighted by atomic mass is 10.0. The molecular formula is C13H18N2O2. The highest BCUT2D eigenvalue weighted by molar-refractivity contribution is 5.93. The Morgan fingerprint density at radius 3 is 3.00 bits per heavy atom. The summed E-state index contributed by atoms with van der Waals surface area (Å²) in [4.78, 5) is 12.0. The van der Waals surface area contributed by atoms with Crippen LogP contribution in [-0.4, -0.2) is 19.1 Å². The van der Waals surface area contributed by atoms with Gasteiger partial charge in [-0.15, -0.1) is 0 Å². The van der Waals surface area contributed by atoms with E-state index in [0.717, 1.165) is 30.7 Å². The predicted octanol–water partition coefficient (Wildman–Crippen LogP) is 1.51. The second-order valence-electron chi connectivity index (χ2n) is 4.26. The van der Waals surface area contributed by atoms with Gasteiger partial charge in [-0.2, -0.15) is 0 Å². The molecule has 1 atom stereocenters. The van der Waals surface area contributed by atoms with Crippen molar-refractivity contribution in [2.45, 2.75) is 19.4 Å². The highest BCUT2D eigenvalue weighted by atomic mass is 16.5. The smallest absolute Gasteiger partial charge is 0.229 e. The van der Waals surface area contributed by atoms with Crippen molar-refractivity contribution < 1.29 is 9.53 Å². The number of carbonyl (C=O) groups is 1. The van der Waals surface area contributed by atoms with Gasteiger partial charge in [-0.05, 0) is 24.5 Å². The molecule has 1 aliphatic rings. The maximum Gasteiger partial charge on any atom is 0.229 e. The van der Waals surface area contributed by atoms with Gasteiger partial charge in [-0.3, -0.25) is 4.79 Å². The first-order valence-electron chi connectivity index (χ1n) is 5.98. The Bertz CT molecular complexity index is 387. The number of carbonyl (C=O) groups excluding carboxylic acids is 1. The Hall–Kier alpha value is -1.39. The van der Waals surface area contributed by atoms with Gasteiger partial charge in [-0.1, -0.05) is 18.2 Å². The first-order chi connectivity index (χ1) is 8.31. The van der Waals surface area contributed by atoms with Gasteiger partial charge in [0.15, 0.2) is 0 Å². The molecule has 1 fully saturated rings. The molecule has 3 N–H and O–H groups in total. The van der Waals surface area contributed by atoms with Crippen LogP contribution in [0.15, 0.2) is 24.3 Å². The van der Waals surface area contributed by atoms with E-state index in [9.17, 15) is 4.79 Å². The molecule has 2 rings (SSSR count).